The van der Waals surface area contributed by atoms with E-state index in [0.717, 1.165) is 36.5 Å². The predicted molar refractivity (Wildman–Crippen MR) is 105 cm³/mol. The molecule has 0 aliphatic rings. The van der Waals surface area contributed by atoms with Crippen molar-refractivity contribution in [3.8, 4) is 0 Å². The lowest BCUT2D eigenvalue weighted by molar-refractivity contribution is -0.136. The van der Waals surface area contributed by atoms with Crippen LogP contribution in [0.4, 0.5) is 18.9 Å². The third-order valence-electron chi connectivity index (χ3n) is 4.56. The van der Waals surface area contributed by atoms with Crippen molar-refractivity contribution in [2.24, 2.45) is 11.7 Å². The standard InChI is InChI=1S/C21H26F3N3O/c1-2-15(9-12-19(25)21(22,23)24)5-6-16-7-10-17(11-8-16)20(28)27-18-4-3-13-26-14-18/h3-4,7-15,19-20,27-28H,2,5-6,25H2,1H3. The van der Waals surface area contributed by atoms with Gasteiger partial charge in [0, 0.05) is 11.8 Å². The number of nitrogens with two attached hydrogens (primary N) is 1. The number of aliphatic hydroxyl groups is 1. The predicted octanol–water partition coefficient (Wildman–Crippen LogP) is 4.59. The Labute approximate surface area is 163 Å². The van der Waals surface area contributed by atoms with Gasteiger partial charge in [-0.3, -0.25) is 4.98 Å². The molecule has 1 aromatic carbocycles. The van der Waals surface area contributed by atoms with Crippen molar-refractivity contribution in [2.75, 3.05) is 5.32 Å². The van der Waals surface area contributed by atoms with Crippen LogP contribution in [0.5, 0.6) is 0 Å². The Kier molecular flexibility index (Phi) is 8.02. The Balaban J connectivity index is 1.88. The van der Waals surface area contributed by atoms with Crippen molar-refractivity contribution in [1.82, 2.24) is 4.98 Å². The van der Waals surface area contributed by atoms with Crippen LogP contribution in [0.3, 0.4) is 0 Å². The summed E-state index contributed by atoms with van der Waals surface area (Å²) in [4.78, 5) is 3.98. The average Bonchev–Trinajstić information content (AvgIpc) is 2.68. The molecule has 0 aliphatic heterocycles. The summed E-state index contributed by atoms with van der Waals surface area (Å²) in [6.45, 7) is 1.94. The van der Waals surface area contributed by atoms with Crippen LogP contribution in [0.2, 0.25) is 0 Å². The smallest absolute Gasteiger partial charge is 0.369 e. The highest BCUT2D eigenvalue weighted by Crippen LogP contribution is 2.22. The van der Waals surface area contributed by atoms with Crippen LogP contribution in [0.1, 0.15) is 37.1 Å². The van der Waals surface area contributed by atoms with Crippen molar-refractivity contribution in [3.63, 3.8) is 0 Å². The van der Waals surface area contributed by atoms with Gasteiger partial charge in [0.2, 0.25) is 0 Å². The SMILES string of the molecule is CCC(C=CC(N)C(F)(F)F)CCc1ccc(C(O)Nc2cccnc2)cc1. The number of hydrogen-bond donors (Lipinski definition) is 3. The number of aromatic nitrogens is 1. The van der Waals surface area contributed by atoms with E-state index in [0.29, 0.717) is 5.69 Å². The molecule has 0 amide bonds. The highest BCUT2D eigenvalue weighted by Gasteiger charge is 2.34. The molecule has 0 saturated carbocycles. The first-order chi connectivity index (χ1) is 13.3. The van der Waals surface area contributed by atoms with E-state index in [9.17, 15) is 18.3 Å². The molecule has 3 unspecified atom stereocenters. The monoisotopic (exact) mass is 393 g/mol. The van der Waals surface area contributed by atoms with Gasteiger partial charge < -0.3 is 16.2 Å². The zero-order valence-electron chi connectivity index (χ0n) is 15.7. The molecule has 28 heavy (non-hydrogen) atoms. The molecule has 4 N–H and O–H groups in total. The Morgan fingerprint density at radius 3 is 2.46 bits per heavy atom. The molecule has 0 bridgehead atoms. The van der Waals surface area contributed by atoms with E-state index in [1.165, 1.54) is 0 Å². The second-order valence-electron chi connectivity index (χ2n) is 6.69. The van der Waals surface area contributed by atoms with E-state index >= 15 is 0 Å². The first-order valence-corrected chi connectivity index (χ1v) is 9.23. The minimum Gasteiger partial charge on any atom is -0.369 e. The Bertz CT molecular complexity index is 733. The van der Waals surface area contributed by atoms with Crippen molar-refractivity contribution < 1.29 is 18.3 Å². The van der Waals surface area contributed by atoms with Gasteiger partial charge in [0.05, 0.1) is 11.9 Å². The van der Waals surface area contributed by atoms with Crippen molar-refractivity contribution in [3.05, 3.63) is 72.1 Å². The molecule has 0 fully saturated rings. The second kappa shape index (κ2) is 10.2. The van der Waals surface area contributed by atoms with E-state index in [1.807, 2.05) is 37.3 Å². The number of halogens is 3. The summed E-state index contributed by atoms with van der Waals surface area (Å²) in [5.41, 5.74) is 7.61. The highest BCUT2D eigenvalue weighted by molar-refractivity contribution is 5.42. The second-order valence-corrected chi connectivity index (χ2v) is 6.69. The van der Waals surface area contributed by atoms with Gasteiger partial charge in [-0.05, 0) is 42.9 Å². The minimum absolute atomic E-state index is 0.0333. The lowest BCUT2D eigenvalue weighted by Gasteiger charge is -2.16. The number of rotatable bonds is 9. The van der Waals surface area contributed by atoms with E-state index in [1.54, 1.807) is 24.5 Å². The topological polar surface area (TPSA) is 71.2 Å². The molecule has 152 valence electrons. The van der Waals surface area contributed by atoms with Gasteiger partial charge >= 0.3 is 6.18 Å². The van der Waals surface area contributed by atoms with Crippen LogP contribution >= 0.6 is 0 Å². The molecule has 0 aliphatic carbocycles. The summed E-state index contributed by atoms with van der Waals surface area (Å²) in [7, 11) is 0. The Morgan fingerprint density at radius 1 is 1.18 bits per heavy atom. The first kappa shape index (κ1) is 21.9. The maximum atomic E-state index is 12.5. The summed E-state index contributed by atoms with van der Waals surface area (Å²) in [5.74, 6) is 0.0333. The molecule has 2 rings (SSSR count). The van der Waals surface area contributed by atoms with Crippen LogP contribution in [-0.4, -0.2) is 22.3 Å². The van der Waals surface area contributed by atoms with Crippen LogP contribution < -0.4 is 11.1 Å². The molecule has 1 aromatic heterocycles. The van der Waals surface area contributed by atoms with Gasteiger partial charge in [-0.25, -0.2) is 0 Å². The van der Waals surface area contributed by atoms with Crippen molar-refractivity contribution >= 4 is 5.69 Å². The fourth-order valence-electron chi connectivity index (χ4n) is 2.73. The zero-order valence-corrected chi connectivity index (χ0v) is 15.7. The molecule has 7 heteroatoms. The lowest BCUT2D eigenvalue weighted by Crippen LogP contribution is -2.35. The first-order valence-electron chi connectivity index (χ1n) is 9.23. The van der Waals surface area contributed by atoms with E-state index in [-0.39, 0.29) is 5.92 Å². The van der Waals surface area contributed by atoms with Crippen molar-refractivity contribution in [2.45, 2.75) is 44.6 Å². The number of nitrogens with zero attached hydrogens (tertiary/aromatic N) is 1. The van der Waals surface area contributed by atoms with Crippen LogP contribution in [0, 0.1) is 5.92 Å². The number of anilines is 1. The molecule has 2 aromatic rings. The normalized spacial score (nSPS) is 15.4. The van der Waals surface area contributed by atoms with Gasteiger partial charge in [0.1, 0.15) is 6.04 Å². The number of allylic oxidation sites excluding steroid dienone is 1. The lowest BCUT2D eigenvalue weighted by atomic mass is 9.95. The number of benzene rings is 1. The van der Waals surface area contributed by atoms with Crippen molar-refractivity contribution in [1.29, 1.82) is 0 Å². The van der Waals surface area contributed by atoms with Crippen LogP contribution in [-0.2, 0) is 6.42 Å². The summed E-state index contributed by atoms with van der Waals surface area (Å²) in [5, 5.41) is 13.2. The third kappa shape index (κ3) is 6.98. The zero-order chi connectivity index (χ0) is 20.6. The van der Waals surface area contributed by atoms with Gasteiger partial charge in [-0.1, -0.05) is 43.3 Å². The Morgan fingerprint density at radius 2 is 1.89 bits per heavy atom. The van der Waals surface area contributed by atoms with E-state index in [4.69, 9.17) is 5.73 Å². The van der Waals surface area contributed by atoms with E-state index < -0.39 is 18.4 Å². The Hall–Kier alpha value is -2.38. The molecule has 1 heterocycles. The average molecular weight is 393 g/mol. The van der Waals surface area contributed by atoms with Gasteiger partial charge in [-0.15, -0.1) is 0 Å². The summed E-state index contributed by atoms with van der Waals surface area (Å²) >= 11 is 0. The summed E-state index contributed by atoms with van der Waals surface area (Å²) in [6, 6.07) is 9.17. The van der Waals surface area contributed by atoms with Crippen LogP contribution in [0.15, 0.2) is 60.9 Å². The number of aliphatic hydroxyl groups excluding tert-OH is 1. The number of pyridine rings is 1. The van der Waals surface area contributed by atoms with Gasteiger partial charge in [-0.2, -0.15) is 13.2 Å². The maximum absolute atomic E-state index is 12.5. The fraction of sp³-hybridized carbons (Fsp3) is 0.381. The molecule has 0 saturated heterocycles. The quantitative estimate of drug-likeness (QED) is 0.430. The molecule has 4 nitrogen and oxygen atoms in total. The highest BCUT2D eigenvalue weighted by atomic mass is 19.4. The number of aryl methyl sites for hydroxylation is 1. The van der Waals surface area contributed by atoms with Crippen LogP contribution in [0.25, 0.3) is 0 Å². The molecular formula is C21H26F3N3O. The number of nitrogens with one attached hydrogen (secondary N) is 1. The minimum atomic E-state index is -4.41. The molecular weight excluding hydrogens is 367 g/mol. The number of hydrogen-bond acceptors (Lipinski definition) is 4. The molecule has 0 spiro atoms. The fourth-order valence-corrected chi connectivity index (χ4v) is 2.73. The van der Waals surface area contributed by atoms with Gasteiger partial charge in [0.15, 0.2) is 6.23 Å². The molecule has 0 radical (unpaired) electrons. The largest absolute Gasteiger partial charge is 0.407 e. The number of alkyl halides is 3. The van der Waals surface area contributed by atoms with E-state index in [2.05, 4.69) is 10.3 Å². The van der Waals surface area contributed by atoms with Gasteiger partial charge in [0.25, 0.3) is 0 Å². The third-order valence-corrected chi connectivity index (χ3v) is 4.56. The summed E-state index contributed by atoms with van der Waals surface area (Å²) in [6.07, 6.45) is 2.83. The maximum Gasteiger partial charge on any atom is 0.407 e. The summed E-state index contributed by atoms with van der Waals surface area (Å²) < 4.78 is 37.5. The molecule has 3 atom stereocenters.